The fraction of sp³-hybridized carbons (Fsp3) is 0.167. The van der Waals surface area contributed by atoms with E-state index in [0.29, 0.717) is 23.4 Å². The van der Waals surface area contributed by atoms with E-state index < -0.39 is 0 Å². The number of hydrogen-bond acceptors (Lipinski definition) is 5. The van der Waals surface area contributed by atoms with E-state index in [4.69, 9.17) is 10.6 Å². The fourth-order valence-corrected chi connectivity index (χ4v) is 1.56. The highest BCUT2D eigenvalue weighted by Crippen LogP contribution is 2.20. The van der Waals surface area contributed by atoms with Crippen molar-refractivity contribution in [3.05, 3.63) is 36.0 Å². The van der Waals surface area contributed by atoms with Crippen molar-refractivity contribution in [2.45, 2.75) is 6.92 Å². The topological polar surface area (TPSA) is 89.9 Å². The van der Waals surface area contributed by atoms with Gasteiger partial charge < -0.3 is 10.6 Å². The molecule has 0 spiro atoms. The lowest BCUT2D eigenvalue weighted by molar-refractivity contribution is 0.0526. The Labute approximate surface area is 103 Å². The van der Waals surface area contributed by atoms with E-state index in [1.807, 2.05) is 0 Å². The minimum absolute atomic E-state index is 0.340. The lowest BCUT2D eigenvalue weighted by atomic mass is 10.1. The van der Waals surface area contributed by atoms with E-state index in [1.165, 1.54) is 6.20 Å². The molecule has 1 aromatic heterocycles. The Hall–Kier alpha value is -2.50. The van der Waals surface area contributed by atoms with E-state index >= 15 is 0 Å². The first-order chi connectivity index (χ1) is 8.74. The van der Waals surface area contributed by atoms with Crippen LogP contribution in [0.25, 0.3) is 10.9 Å². The van der Waals surface area contributed by atoms with Crippen LogP contribution in [0, 0.1) is 0 Å². The van der Waals surface area contributed by atoms with Gasteiger partial charge in [-0.2, -0.15) is 0 Å². The third-order valence-corrected chi connectivity index (χ3v) is 2.35. The third-order valence-electron chi connectivity index (χ3n) is 2.35. The van der Waals surface area contributed by atoms with E-state index in [0.717, 1.165) is 5.39 Å². The van der Waals surface area contributed by atoms with Crippen LogP contribution in [0.4, 0.5) is 5.69 Å². The van der Waals surface area contributed by atoms with Crippen molar-refractivity contribution in [2.24, 2.45) is 16.2 Å². The number of nitrogens with zero attached hydrogens (tertiary/aromatic N) is 3. The van der Waals surface area contributed by atoms with Crippen molar-refractivity contribution in [1.82, 2.24) is 4.98 Å². The quantitative estimate of drug-likeness (QED) is 0.388. The molecule has 6 heteroatoms. The van der Waals surface area contributed by atoms with Crippen molar-refractivity contribution in [3.63, 3.8) is 0 Å². The maximum Gasteiger partial charge on any atom is 0.339 e. The molecule has 0 aliphatic rings. The molecule has 6 nitrogen and oxygen atoms in total. The Balaban J connectivity index is 2.41. The van der Waals surface area contributed by atoms with Crippen LogP contribution < -0.4 is 5.84 Å². The molecule has 0 saturated carbocycles. The first-order valence-electron chi connectivity index (χ1n) is 5.42. The van der Waals surface area contributed by atoms with Crippen LogP contribution in [0.15, 0.2) is 40.8 Å². The molecule has 2 rings (SSSR count). The Kier molecular flexibility index (Phi) is 3.47. The maximum atomic E-state index is 11.5. The second kappa shape index (κ2) is 5.22. The van der Waals surface area contributed by atoms with Gasteiger partial charge >= 0.3 is 5.97 Å². The van der Waals surface area contributed by atoms with Gasteiger partial charge in [-0.25, -0.2) is 4.79 Å². The van der Waals surface area contributed by atoms with Crippen LogP contribution in [0.3, 0.4) is 0 Å². The minimum Gasteiger partial charge on any atom is -0.462 e. The third kappa shape index (κ3) is 2.42. The first kappa shape index (κ1) is 12.0. The molecule has 0 fully saturated rings. The van der Waals surface area contributed by atoms with E-state index in [1.54, 1.807) is 31.2 Å². The Morgan fingerprint density at radius 3 is 3.00 bits per heavy atom. The average Bonchev–Trinajstić information content (AvgIpc) is 2.39. The summed E-state index contributed by atoms with van der Waals surface area (Å²) in [6, 6.07) is 7.01. The smallest absolute Gasteiger partial charge is 0.339 e. The largest absolute Gasteiger partial charge is 0.462 e. The summed E-state index contributed by atoms with van der Waals surface area (Å²) in [4.78, 5) is 15.7. The predicted octanol–water partition coefficient (Wildman–Crippen LogP) is 2.37. The van der Waals surface area contributed by atoms with Gasteiger partial charge in [-0.05, 0) is 25.1 Å². The number of hydrogen-bond donors (Lipinski definition) is 1. The molecule has 0 saturated heterocycles. The number of benzene rings is 1. The summed E-state index contributed by atoms with van der Waals surface area (Å²) in [6.07, 6.45) is 1.48. The Bertz CT molecular complexity index is 610. The monoisotopic (exact) mass is 244 g/mol. The Morgan fingerprint density at radius 1 is 1.44 bits per heavy atom. The normalized spacial score (nSPS) is 10.9. The molecular formula is C12H12N4O2. The highest BCUT2D eigenvalue weighted by atomic mass is 16.5. The summed E-state index contributed by atoms with van der Waals surface area (Å²) < 4.78 is 4.91. The van der Waals surface area contributed by atoms with Crippen LogP contribution >= 0.6 is 0 Å². The van der Waals surface area contributed by atoms with Gasteiger partial charge in [-0.1, -0.05) is 11.3 Å². The molecule has 0 unspecified atom stereocenters. The molecule has 2 N–H and O–H groups in total. The van der Waals surface area contributed by atoms with Gasteiger partial charge in [0.1, 0.15) is 0 Å². The Morgan fingerprint density at radius 2 is 2.28 bits per heavy atom. The highest BCUT2D eigenvalue weighted by molar-refractivity contribution is 5.94. The average molecular weight is 244 g/mol. The lowest BCUT2D eigenvalue weighted by Gasteiger charge is -2.03. The van der Waals surface area contributed by atoms with Gasteiger partial charge in [-0.3, -0.25) is 4.98 Å². The second-order valence-corrected chi connectivity index (χ2v) is 3.54. The number of aromatic nitrogens is 1. The maximum absolute atomic E-state index is 11.5. The van der Waals surface area contributed by atoms with Gasteiger partial charge in [0.25, 0.3) is 0 Å². The van der Waals surface area contributed by atoms with Gasteiger partial charge in [-0.15, -0.1) is 5.11 Å². The lowest BCUT2D eigenvalue weighted by Crippen LogP contribution is -2.04. The minimum atomic E-state index is -0.377. The number of pyridine rings is 1. The molecule has 1 heterocycles. The van der Waals surface area contributed by atoms with Crippen molar-refractivity contribution in [3.8, 4) is 0 Å². The predicted molar refractivity (Wildman–Crippen MR) is 66.4 cm³/mol. The van der Waals surface area contributed by atoms with Crippen LogP contribution in [-0.2, 0) is 4.74 Å². The highest BCUT2D eigenvalue weighted by Gasteiger charge is 2.08. The summed E-state index contributed by atoms with van der Waals surface area (Å²) in [7, 11) is 0. The number of fused-ring (bicyclic) bond motifs is 1. The number of carbonyl (C=O) groups excluding carboxylic acids is 1. The van der Waals surface area contributed by atoms with Gasteiger partial charge in [0.05, 0.1) is 23.4 Å². The number of esters is 1. The van der Waals surface area contributed by atoms with Crippen LogP contribution in [0.2, 0.25) is 0 Å². The molecular weight excluding hydrogens is 232 g/mol. The zero-order valence-electron chi connectivity index (χ0n) is 9.83. The van der Waals surface area contributed by atoms with Crippen molar-refractivity contribution in [1.29, 1.82) is 0 Å². The molecule has 1 aromatic carbocycles. The SMILES string of the molecule is CCOC(=O)c1cnc2cc(N=NN)ccc2c1. The molecule has 0 aliphatic heterocycles. The van der Waals surface area contributed by atoms with Gasteiger partial charge in [0.2, 0.25) is 0 Å². The number of nitrogens with two attached hydrogens (primary N) is 1. The zero-order valence-corrected chi connectivity index (χ0v) is 9.83. The van der Waals surface area contributed by atoms with E-state index in [9.17, 15) is 4.79 Å². The molecule has 0 radical (unpaired) electrons. The van der Waals surface area contributed by atoms with E-state index in [-0.39, 0.29) is 5.97 Å². The second-order valence-electron chi connectivity index (χ2n) is 3.54. The number of rotatable bonds is 3. The van der Waals surface area contributed by atoms with Crippen LogP contribution in [-0.4, -0.2) is 17.6 Å². The molecule has 0 bridgehead atoms. The zero-order chi connectivity index (χ0) is 13.0. The fourth-order valence-electron chi connectivity index (χ4n) is 1.56. The van der Waals surface area contributed by atoms with Crippen molar-refractivity contribution < 1.29 is 9.53 Å². The molecule has 0 amide bonds. The van der Waals surface area contributed by atoms with E-state index in [2.05, 4.69) is 15.3 Å². The number of ether oxygens (including phenoxy) is 1. The molecule has 2 aromatic rings. The summed E-state index contributed by atoms with van der Waals surface area (Å²) >= 11 is 0. The van der Waals surface area contributed by atoms with Crippen molar-refractivity contribution >= 4 is 22.6 Å². The number of carbonyl (C=O) groups is 1. The summed E-state index contributed by atoms with van der Waals surface area (Å²) in [5.74, 6) is 4.60. The summed E-state index contributed by atoms with van der Waals surface area (Å²) in [5, 5.41) is 7.75. The molecule has 18 heavy (non-hydrogen) atoms. The van der Waals surface area contributed by atoms with Gasteiger partial charge in [0, 0.05) is 11.6 Å². The van der Waals surface area contributed by atoms with Gasteiger partial charge in [0.15, 0.2) is 0 Å². The summed E-state index contributed by atoms with van der Waals surface area (Å²) in [5.41, 5.74) is 1.76. The molecule has 0 aliphatic carbocycles. The van der Waals surface area contributed by atoms with Crippen LogP contribution in [0.5, 0.6) is 0 Å². The summed E-state index contributed by atoms with van der Waals surface area (Å²) in [6.45, 7) is 2.10. The first-order valence-corrected chi connectivity index (χ1v) is 5.42. The molecule has 0 atom stereocenters. The van der Waals surface area contributed by atoms with Crippen molar-refractivity contribution in [2.75, 3.05) is 6.61 Å². The molecule has 92 valence electrons. The van der Waals surface area contributed by atoms with Crippen LogP contribution in [0.1, 0.15) is 17.3 Å². The standard InChI is InChI=1S/C12H12N4O2/c1-2-18-12(17)9-5-8-3-4-10(15-16-13)6-11(8)14-7-9/h3-7H,2H2,1H3,(H2,13,15).